The minimum atomic E-state index is -0.921. The summed E-state index contributed by atoms with van der Waals surface area (Å²) in [6.07, 6.45) is 0.409. The summed E-state index contributed by atoms with van der Waals surface area (Å²) >= 11 is 0. The number of carboxylic acid groups (broad SMARTS) is 1. The van der Waals surface area contributed by atoms with Gasteiger partial charge < -0.3 is 15.3 Å². The van der Waals surface area contributed by atoms with E-state index in [1.807, 2.05) is 20.8 Å². The van der Waals surface area contributed by atoms with Crippen LogP contribution in [0, 0.1) is 16.0 Å². The van der Waals surface area contributed by atoms with Gasteiger partial charge in [0.25, 0.3) is 5.69 Å². The fourth-order valence-electron chi connectivity index (χ4n) is 2.74. The second-order valence-corrected chi connectivity index (χ2v) is 6.94. The number of nitrogens with one attached hydrogen (secondary N) is 1. The van der Waals surface area contributed by atoms with Crippen molar-refractivity contribution in [2.75, 3.05) is 18.4 Å². The summed E-state index contributed by atoms with van der Waals surface area (Å²) in [4.78, 5) is 35.4. The van der Waals surface area contributed by atoms with E-state index in [4.69, 9.17) is 5.11 Å². The molecule has 130 valence electrons. The quantitative estimate of drug-likeness (QED) is 0.651. The highest BCUT2D eigenvalue weighted by atomic mass is 16.6. The fourth-order valence-corrected chi connectivity index (χ4v) is 2.74. The summed E-state index contributed by atoms with van der Waals surface area (Å²) in [6, 6.07) is 4.15. The molecular weight excluding hydrogens is 314 g/mol. The lowest BCUT2D eigenvalue weighted by Crippen LogP contribution is -2.33. The lowest BCUT2D eigenvalue weighted by atomic mass is 9.85. The van der Waals surface area contributed by atoms with Crippen LogP contribution in [0.15, 0.2) is 18.2 Å². The first-order valence-corrected chi connectivity index (χ1v) is 7.67. The van der Waals surface area contributed by atoms with E-state index >= 15 is 0 Å². The first-order valence-electron chi connectivity index (χ1n) is 7.67. The number of nitrogens with zero attached hydrogens (tertiary/aromatic N) is 2. The minimum Gasteiger partial charge on any atom is -0.481 e. The van der Waals surface area contributed by atoms with Crippen molar-refractivity contribution in [3.05, 3.63) is 33.9 Å². The standard InChI is InChI=1S/C16H21N3O5/c1-16(2,3)12-5-4-11(8-13(12)19(23)24)17-15(22)18-7-6-10(9-18)14(20)21/h4-5,8,10H,6-7,9H2,1-3H3,(H,17,22)(H,20,21). The summed E-state index contributed by atoms with van der Waals surface area (Å²) in [7, 11) is 0. The molecule has 2 rings (SSSR count). The Labute approximate surface area is 139 Å². The van der Waals surface area contributed by atoms with Crippen LogP contribution in [0.1, 0.15) is 32.8 Å². The third-order valence-corrected chi connectivity index (χ3v) is 4.08. The Hall–Kier alpha value is -2.64. The first kappa shape index (κ1) is 17.7. The molecule has 0 saturated carbocycles. The highest BCUT2D eigenvalue weighted by Gasteiger charge is 2.31. The number of likely N-dealkylation sites (tertiary alicyclic amines) is 1. The molecule has 1 aromatic carbocycles. The maximum absolute atomic E-state index is 12.2. The van der Waals surface area contributed by atoms with E-state index in [1.165, 1.54) is 11.0 Å². The molecule has 0 radical (unpaired) electrons. The lowest BCUT2D eigenvalue weighted by molar-refractivity contribution is -0.385. The number of rotatable bonds is 3. The molecule has 0 spiro atoms. The molecule has 1 aliphatic rings. The molecule has 24 heavy (non-hydrogen) atoms. The number of carboxylic acids is 1. The molecular formula is C16H21N3O5. The van der Waals surface area contributed by atoms with E-state index in [0.717, 1.165) is 0 Å². The number of hydrogen-bond donors (Lipinski definition) is 2. The Morgan fingerprint density at radius 3 is 2.54 bits per heavy atom. The molecule has 0 bridgehead atoms. The molecule has 1 aromatic rings. The van der Waals surface area contributed by atoms with Gasteiger partial charge in [0, 0.05) is 30.4 Å². The summed E-state index contributed by atoms with van der Waals surface area (Å²) in [5.74, 6) is -1.48. The Balaban J connectivity index is 2.16. The molecule has 8 heteroatoms. The van der Waals surface area contributed by atoms with Gasteiger partial charge in [-0.2, -0.15) is 0 Å². The molecule has 1 heterocycles. The molecule has 8 nitrogen and oxygen atoms in total. The van der Waals surface area contributed by atoms with Crippen molar-refractivity contribution >= 4 is 23.4 Å². The van der Waals surface area contributed by atoms with Gasteiger partial charge in [0.1, 0.15) is 0 Å². The van der Waals surface area contributed by atoms with E-state index in [1.54, 1.807) is 12.1 Å². The third-order valence-electron chi connectivity index (χ3n) is 4.08. The summed E-state index contributed by atoms with van der Waals surface area (Å²) in [6.45, 7) is 6.13. The summed E-state index contributed by atoms with van der Waals surface area (Å²) in [5.41, 5.74) is 0.454. The SMILES string of the molecule is CC(C)(C)c1ccc(NC(=O)N2CCC(C(=O)O)C2)cc1[N+](=O)[O-]. The van der Waals surface area contributed by atoms with Crippen LogP contribution < -0.4 is 5.32 Å². The van der Waals surface area contributed by atoms with E-state index in [9.17, 15) is 19.7 Å². The molecule has 1 saturated heterocycles. The van der Waals surface area contributed by atoms with Gasteiger partial charge >= 0.3 is 12.0 Å². The monoisotopic (exact) mass is 335 g/mol. The van der Waals surface area contributed by atoms with Gasteiger partial charge in [-0.25, -0.2) is 4.79 Å². The average molecular weight is 335 g/mol. The van der Waals surface area contributed by atoms with Gasteiger partial charge in [-0.1, -0.05) is 20.8 Å². The van der Waals surface area contributed by atoms with Crippen LogP contribution in [0.5, 0.6) is 0 Å². The number of anilines is 1. The van der Waals surface area contributed by atoms with Gasteiger partial charge in [0.2, 0.25) is 0 Å². The van der Waals surface area contributed by atoms with Crippen LogP contribution in [0.25, 0.3) is 0 Å². The van der Waals surface area contributed by atoms with Gasteiger partial charge in [-0.05, 0) is 24.0 Å². The number of nitro groups is 1. The topological polar surface area (TPSA) is 113 Å². The number of hydrogen-bond acceptors (Lipinski definition) is 4. The Morgan fingerprint density at radius 1 is 1.38 bits per heavy atom. The van der Waals surface area contributed by atoms with Gasteiger partial charge in [-0.3, -0.25) is 14.9 Å². The number of urea groups is 1. The Bertz CT molecular complexity index is 681. The third kappa shape index (κ3) is 3.81. The zero-order chi connectivity index (χ0) is 18.1. The molecule has 2 N–H and O–H groups in total. The number of benzene rings is 1. The van der Waals surface area contributed by atoms with Crippen molar-refractivity contribution in [2.24, 2.45) is 5.92 Å². The van der Waals surface area contributed by atoms with E-state index in [2.05, 4.69) is 5.32 Å². The van der Waals surface area contributed by atoms with Crippen LogP contribution in [-0.2, 0) is 10.2 Å². The zero-order valence-corrected chi connectivity index (χ0v) is 13.9. The molecule has 1 fully saturated rings. The predicted octanol–water partition coefficient (Wildman–Crippen LogP) is 2.83. The predicted molar refractivity (Wildman–Crippen MR) is 88.1 cm³/mol. The van der Waals surface area contributed by atoms with E-state index in [-0.39, 0.29) is 12.2 Å². The second kappa shape index (κ2) is 6.46. The van der Waals surface area contributed by atoms with Crippen LogP contribution in [-0.4, -0.2) is 40.0 Å². The smallest absolute Gasteiger partial charge is 0.321 e. The number of carbonyl (C=O) groups is 2. The largest absolute Gasteiger partial charge is 0.481 e. The van der Waals surface area contributed by atoms with E-state index in [0.29, 0.717) is 24.2 Å². The van der Waals surface area contributed by atoms with E-state index < -0.39 is 28.3 Å². The lowest BCUT2D eigenvalue weighted by Gasteiger charge is -2.20. The van der Waals surface area contributed by atoms with Crippen LogP contribution in [0.3, 0.4) is 0 Å². The molecule has 0 aromatic heterocycles. The zero-order valence-electron chi connectivity index (χ0n) is 13.9. The van der Waals surface area contributed by atoms with Crippen molar-refractivity contribution in [3.63, 3.8) is 0 Å². The molecule has 1 aliphatic heterocycles. The highest BCUT2D eigenvalue weighted by molar-refractivity contribution is 5.90. The Morgan fingerprint density at radius 2 is 2.04 bits per heavy atom. The van der Waals surface area contributed by atoms with Crippen molar-refractivity contribution in [3.8, 4) is 0 Å². The van der Waals surface area contributed by atoms with Crippen molar-refractivity contribution in [2.45, 2.75) is 32.6 Å². The van der Waals surface area contributed by atoms with Gasteiger partial charge in [0.15, 0.2) is 0 Å². The van der Waals surface area contributed by atoms with Crippen molar-refractivity contribution < 1.29 is 19.6 Å². The molecule has 1 atom stereocenters. The molecule has 2 amide bonds. The van der Waals surface area contributed by atoms with Crippen LogP contribution in [0.2, 0.25) is 0 Å². The van der Waals surface area contributed by atoms with Crippen LogP contribution in [0.4, 0.5) is 16.2 Å². The highest BCUT2D eigenvalue weighted by Crippen LogP contribution is 2.33. The maximum atomic E-state index is 12.2. The molecule has 0 aliphatic carbocycles. The number of amides is 2. The van der Waals surface area contributed by atoms with Crippen LogP contribution >= 0.6 is 0 Å². The number of aliphatic carboxylic acids is 1. The van der Waals surface area contributed by atoms with Gasteiger partial charge in [0.05, 0.1) is 10.8 Å². The minimum absolute atomic E-state index is 0.0508. The summed E-state index contributed by atoms with van der Waals surface area (Å²) in [5, 5.41) is 22.9. The van der Waals surface area contributed by atoms with Gasteiger partial charge in [-0.15, -0.1) is 0 Å². The average Bonchev–Trinajstić information content (AvgIpc) is 2.96. The van der Waals surface area contributed by atoms with Crippen molar-refractivity contribution in [1.29, 1.82) is 0 Å². The fraction of sp³-hybridized carbons (Fsp3) is 0.500. The Kier molecular flexibility index (Phi) is 4.77. The number of nitro benzene ring substituents is 1. The van der Waals surface area contributed by atoms with Crippen molar-refractivity contribution in [1.82, 2.24) is 4.90 Å². The maximum Gasteiger partial charge on any atom is 0.321 e. The molecule has 1 unspecified atom stereocenters. The summed E-state index contributed by atoms with van der Waals surface area (Å²) < 4.78 is 0. The number of carbonyl (C=O) groups excluding carboxylic acids is 1. The normalized spacial score (nSPS) is 17.6. The first-order chi connectivity index (χ1) is 11.1. The second-order valence-electron chi connectivity index (χ2n) is 6.94.